The normalized spacial score (nSPS) is 15.4. The molecule has 0 spiro atoms. The minimum absolute atomic E-state index is 0.0882. The van der Waals surface area contributed by atoms with Crippen molar-refractivity contribution in [2.24, 2.45) is 0 Å². The maximum absolute atomic E-state index is 12.2. The van der Waals surface area contributed by atoms with Gasteiger partial charge in [0.25, 0.3) is 0 Å². The lowest BCUT2D eigenvalue weighted by atomic mass is 10.2. The number of nitrogens with zero attached hydrogens (tertiary/aromatic N) is 2. The molecular formula is C20H24N2O2. The summed E-state index contributed by atoms with van der Waals surface area (Å²) in [6, 6.07) is 20.4. The highest BCUT2D eigenvalue weighted by atomic mass is 16.5. The van der Waals surface area contributed by atoms with E-state index >= 15 is 0 Å². The van der Waals surface area contributed by atoms with E-state index in [-0.39, 0.29) is 12.5 Å². The SMILES string of the molecule is O=C(COCc1ccccc1)N1CCN(Cc2ccccc2)CC1. The van der Waals surface area contributed by atoms with Crippen molar-refractivity contribution in [1.82, 2.24) is 9.80 Å². The second-order valence-electron chi connectivity index (χ2n) is 6.12. The Morgan fingerprint density at radius 2 is 1.42 bits per heavy atom. The quantitative estimate of drug-likeness (QED) is 0.819. The van der Waals surface area contributed by atoms with Crippen LogP contribution in [0.25, 0.3) is 0 Å². The number of amides is 1. The fraction of sp³-hybridized carbons (Fsp3) is 0.350. The van der Waals surface area contributed by atoms with Gasteiger partial charge in [-0.25, -0.2) is 0 Å². The van der Waals surface area contributed by atoms with Gasteiger partial charge in [0.1, 0.15) is 6.61 Å². The summed E-state index contributed by atoms with van der Waals surface area (Å²) in [6.07, 6.45) is 0. The number of piperazine rings is 1. The summed E-state index contributed by atoms with van der Waals surface area (Å²) in [5, 5.41) is 0. The molecule has 1 aliphatic heterocycles. The molecule has 0 radical (unpaired) electrons. The van der Waals surface area contributed by atoms with Crippen molar-refractivity contribution in [3.8, 4) is 0 Å². The summed E-state index contributed by atoms with van der Waals surface area (Å²) in [7, 11) is 0. The van der Waals surface area contributed by atoms with Gasteiger partial charge in [0.15, 0.2) is 0 Å². The average molecular weight is 324 g/mol. The second-order valence-corrected chi connectivity index (χ2v) is 6.12. The third kappa shape index (κ3) is 4.91. The largest absolute Gasteiger partial charge is 0.367 e. The Labute approximate surface area is 143 Å². The molecule has 0 aromatic heterocycles. The highest BCUT2D eigenvalue weighted by Crippen LogP contribution is 2.09. The van der Waals surface area contributed by atoms with Crippen molar-refractivity contribution in [2.45, 2.75) is 13.2 Å². The number of rotatable bonds is 6. The van der Waals surface area contributed by atoms with E-state index in [1.54, 1.807) is 0 Å². The monoisotopic (exact) mass is 324 g/mol. The summed E-state index contributed by atoms with van der Waals surface area (Å²) in [6.45, 7) is 4.99. The smallest absolute Gasteiger partial charge is 0.248 e. The molecule has 1 saturated heterocycles. The number of benzene rings is 2. The van der Waals surface area contributed by atoms with Crippen LogP contribution in [0, 0.1) is 0 Å². The summed E-state index contributed by atoms with van der Waals surface area (Å²) in [5.41, 5.74) is 2.42. The second kappa shape index (κ2) is 8.62. The molecule has 1 fully saturated rings. The molecular weight excluding hydrogens is 300 g/mol. The topological polar surface area (TPSA) is 32.8 Å². The molecule has 24 heavy (non-hydrogen) atoms. The van der Waals surface area contributed by atoms with Crippen LogP contribution in [0.1, 0.15) is 11.1 Å². The molecule has 0 atom stereocenters. The highest BCUT2D eigenvalue weighted by molar-refractivity contribution is 5.77. The van der Waals surface area contributed by atoms with E-state index in [1.807, 2.05) is 41.3 Å². The van der Waals surface area contributed by atoms with Gasteiger partial charge in [-0.05, 0) is 11.1 Å². The van der Waals surface area contributed by atoms with Gasteiger partial charge in [0, 0.05) is 32.7 Å². The fourth-order valence-corrected chi connectivity index (χ4v) is 2.92. The third-order valence-corrected chi connectivity index (χ3v) is 4.31. The minimum Gasteiger partial charge on any atom is -0.367 e. The molecule has 126 valence electrons. The number of carbonyl (C=O) groups is 1. The van der Waals surface area contributed by atoms with Crippen LogP contribution in [0.15, 0.2) is 60.7 Å². The Morgan fingerprint density at radius 3 is 2.04 bits per heavy atom. The Kier molecular flexibility index (Phi) is 5.99. The summed E-state index contributed by atoms with van der Waals surface area (Å²) in [5.74, 6) is 0.0882. The molecule has 3 rings (SSSR count). The zero-order valence-corrected chi connectivity index (χ0v) is 13.9. The third-order valence-electron chi connectivity index (χ3n) is 4.31. The molecule has 0 aliphatic carbocycles. The number of hydrogen-bond acceptors (Lipinski definition) is 3. The molecule has 2 aromatic carbocycles. The van der Waals surface area contributed by atoms with Crippen molar-refractivity contribution in [3.05, 3.63) is 71.8 Å². The molecule has 0 N–H and O–H groups in total. The molecule has 1 aliphatic rings. The Morgan fingerprint density at radius 1 is 0.833 bits per heavy atom. The fourth-order valence-electron chi connectivity index (χ4n) is 2.92. The van der Waals surface area contributed by atoms with Crippen molar-refractivity contribution >= 4 is 5.91 Å². The standard InChI is InChI=1S/C20H24N2O2/c23-20(17-24-16-19-9-5-2-6-10-19)22-13-11-21(12-14-22)15-18-7-3-1-4-8-18/h1-10H,11-17H2. The van der Waals surface area contributed by atoms with Crippen molar-refractivity contribution in [3.63, 3.8) is 0 Å². The first kappa shape index (κ1) is 16.7. The van der Waals surface area contributed by atoms with Crippen LogP contribution in [0.5, 0.6) is 0 Å². The van der Waals surface area contributed by atoms with E-state index in [0.29, 0.717) is 6.61 Å². The van der Waals surface area contributed by atoms with Crippen LogP contribution in [-0.2, 0) is 22.7 Å². The molecule has 2 aromatic rings. The maximum atomic E-state index is 12.2. The lowest BCUT2D eigenvalue weighted by Gasteiger charge is -2.34. The van der Waals surface area contributed by atoms with E-state index < -0.39 is 0 Å². The predicted octanol–water partition coefficient (Wildman–Crippen LogP) is 2.55. The molecule has 4 nitrogen and oxygen atoms in total. The molecule has 1 amide bonds. The molecule has 4 heteroatoms. The van der Waals surface area contributed by atoms with E-state index in [9.17, 15) is 4.79 Å². The lowest BCUT2D eigenvalue weighted by molar-refractivity contribution is -0.138. The van der Waals surface area contributed by atoms with Gasteiger partial charge in [0.2, 0.25) is 5.91 Å². The Balaban J connectivity index is 1.37. The van der Waals surface area contributed by atoms with Gasteiger partial charge in [0.05, 0.1) is 6.61 Å². The zero-order valence-electron chi connectivity index (χ0n) is 13.9. The lowest BCUT2D eigenvalue weighted by Crippen LogP contribution is -2.49. The first-order valence-corrected chi connectivity index (χ1v) is 8.47. The summed E-state index contributed by atoms with van der Waals surface area (Å²) >= 11 is 0. The van der Waals surface area contributed by atoms with Crippen LogP contribution in [0.2, 0.25) is 0 Å². The molecule has 0 bridgehead atoms. The Bertz CT molecular complexity index is 623. The van der Waals surface area contributed by atoms with Gasteiger partial charge >= 0.3 is 0 Å². The maximum Gasteiger partial charge on any atom is 0.248 e. The predicted molar refractivity (Wildman–Crippen MR) is 94.4 cm³/mol. The van der Waals surface area contributed by atoms with Gasteiger partial charge in [-0.2, -0.15) is 0 Å². The Hall–Kier alpha value is -2.17. The molecule has 0 saturated carbocycles. The van der Waals surface area contributed by atoms with Crippen LogP contribution in [0.4, 0.5) is 0 Å². The van der Waals surface area contributed by atoms with Crippen LogP contribution < -0.4 is 0 Å². The number of carbonyl (C=O) groups excluding carboxylic acids is 1. The van der Waals surface area contributed by atoms with Crippen molar-refractivity contribution < 1.29 is 9.53 Å². The summed E-state index contributed by atoms with van der Waals surface area (Å²) < 4.78 is 5.55. The molecule has 1 heterocycles. The van der Waals surface area contributed by atoms with E-state index in [2.05, 4.69) is 29.2 Å². The van der Waals surface area contributed by atoms with Crippen molar-refractivity contribution in [1.29, 1.82) is 0 Å². The van der Waals surface area contributed by atoms with Gasteiger partial charge < -0.3 is 9.64 Å². The molecule has 0 unspecified atom stereocenters. The van der Waals surface area contributed by atoms with Crippen LogP contribution in [-0.4, -0.2) is 48.5 Å². The first-order valence-electron chi connectivity index (χ1n) is 8.47. The zero-order chi connectivity index (χ0) is 16.6. The van der Waals surface area contributed by atoms with Crippen molar-refractivity contribution in [2.75, 3.05) is 32.8 Å². The van der Waals surface area contributed by atoms with Gasteiger partial charge in [-0.1, -0.05) is 60.7 Å². The number of hydrogen-bond donors (Lipinski definition) is 0. The average Bonchev–Trinajstić information content (AvgIpc) is 2.64. The van der Waals surface area contributed by atoms with E-state index in [0.717, 1.165) is 38.3 Å². The van der Waals surface area contributed by atoms with Crippen LogP contribution >= 0.6 is 0 Å². The van der Waals surface area contributed by atoms with Crippen LogP contribution in [0.3, 0.4) is 0 Å². The van der Waals surface area contributed by atoms with E-state index in [1.165, 1.54) is 5.56 Å². The van der Waals surface area contributed by atoms with Gasteiger partial charge in [-0.15, -0.1) is 0 Å². The first-order chi connectivity index (χ1) is 11.8. The van der Waals surface area contributed by atoms with E-state index in [4.69, 9.17) is 4.74 Å². The highest BCUT2D eigenvalue weighted by Gasteiger charge is 2.20. The van der Waals surface area contributed by atoms with Gasteiger partial charge in [-0.3, -0.25) is 9.69 Å². The summed E-state index contributed by atoms with van der Waals surface area (Å²) in [4.78, 5) is 16.5. The number of ether oxygens (including phenoxy) is 1. The minimum atomic E-state index is 0.0882.